The highest BCUT2D eigenvalue weighted by Crippen LogP contribution is 2.32. The van der Waals surface area contributed by atoms with Crippen LogP contribution in [0.1, 0.15) is 26.4 Å². The molecule has 0 atom stereocenters. The molecule has 0 saturated heterocycles. The van der Waals surface area contributed by atoms with Crippen LogP contribution in [-0.4, -0.2) is 16.2 Å². The van der Waals surface area contributed by atoms with E-state index in [1.54, 1.807) is 30.3 Å². The number of aryl methyl sites for hydroxylation is 1. The van der Waals surface area contributed by atoms with Gasteiger partial charge in [0.2, 0.25) is 0 Å². The third-order valence-electron chi connectivity index (χ3n) is 3.81. The van der Waals surface area contributed by atoms with Crippen LogP contribution in [0, 0.1) is 6.92 Å². The van der Waals surface area contributed by atoms with Gasteiger partial charge in [-0.05, 0) is 54.4 Å². The summed E-state index contributed by atoms with van der Waals surface area (Å²) in [5.41, 5.74) is 3.40. The van der Waals surface area contributed by atoms with Gasteiger partial charge in [-0.1, -0.05) is 24.3 Å². The zero-order chi connectivity index (χ0) is 16.0. The fourth-order valence-electron chi connectivity index (χ4n) is 2.72. The highest BCUT2D eigenvalue weighted by molar-refractivity contribution is 7.09. The second-order valence-corrected chi connectivity index (χ2v) is 6.18. The lowest BCUT2D eigenvalue weighted by Gasteiger charge is -2.14. The Balaban J connectivity index is 1.78. The van der Waals surface area contributed by atoms with Gasteiger partial charge in [-0.3, -0.25) is 9.59 Å². The quantitative estimate of drug-likeness (QED) is 0.672. The Morgan fingerprint density at radius 1 is 0.913 bits per heavy atom. The van der Waals surface area contributed by atoms with E-state index in [9.17, 15) is 9.59 Å². The third-order valence-corrected chi connectivity index (χ3v) is 4.74. The van der Waals surface area contributed by atoms with Gasteiger partial charge in [0.15, 0.2) is 0 Å². The molecule has 0 unspecified atom stereocenters. The van der Waals surface area contributed by atoms with Crippen molar-refractivity contribution in [1.29, 1.82) is 0 Å². The first-order valence-electron chi connectivity index (χ1n) is 7.17. The van der Waals surface area contributed by atoms with Crippen molar-refractivity contribution in [2.24, 2.45) is 0 Å². The molecular weight excluding hydrogens is 308 g/mol. The summed E-state index contributed by atoms with van der Waals surface area (Å²) < 4.78 is 4.28. The van der Waals surface area contributed by atoms with Crippen LogP contribution in [0.4, 0.5) is 5.69 Å². The van der Waals surface area contributed by atoms with Crippen LogP contribution in [0.15, 0.2) is 54.6 Å². The predicted octanol–water partition coefficient (Wildman–Crippen LogP) is 3.92. The lowest BCUT2D eigenvalue weighted by molar-refractivity contribution is 0.0926. The SMILES string of the molecule is Cc1cc(-c2cccc(N3C(=O)c4ccccc4C3=O)c2)sn1. The highest BCUT2D eigenvalue weighted by atomic mass is 32.1. The molecule has 23 heavy (non-hydrogen) atoms. The fraction of sp³-hybridized carbons (Fsp3) is 0.0556. The van der Waals surface area contributed by atoms with Crippen molar-refractivity contribution in [1.82, 2.24) is 4.37 Å². The minimum absolute atomic E-state index is 0.275. The molecule has 4 rings (SSSR count). The first-order chi connectivity index (χ1) is 11.1. The summed E-state index contributed by atoms with van der Waals surface area (Å²) in [6.07, 6.45) is 0. The van der Waals surface area contributed by atoms with Gasteiger partial charge >= 0.3 is 0 Å². The van der Waals surface area contributed by atoms with E-state index in [2.05, 4.69) is 4.37 Å². The second-order valence-electron chi connectivity index (χ2n) is 5.37. The second kappa shape index (κ2) is 5.14. The van der Waals surface area contributed by atoms with Crippen molar-refractivity contribution in [2.45, 2.75) is 6.92 Å². The Morgan fingerprint density at radius 2 is 1.61 bits per heavy atom. The van der Waals surface area contributed by atoms with Crippen molar-refractivity contribution >= 4 is 29.0 Å². The van der Waals surface area contributed by atoms with Crippen LogP contribution >= 0.6 is 11.5 Å². The van der Waals surface area contributed by atoms with E-state index in [4.69, 9.17) is 0 Å². The van der Waals surface area contributed by atoms with Crippen LogP contribution in [0.2, 0.25) is 0 Å². The van der Waals surface area contributed by atoms with E-state index < -0.39 is 0 Å². The Morgan fingerprint density at radius 3 is 2.22 bits per heavy atom. The summed E-state index contributed by atoms with van der Waals surface area (Å²) in [5.74, 6) is -0.550. The number of nitrogens with zero attached hydrogens (tertiary/aromatic N) is 2. The Bertz CT molecular complexity index is 910. The molecule has 3 aromatic rings. The largest absolute Gasteiger partial charge is 0.268 e. The van der Waals surface area contributed by atoms with Crippen LogP contribution in [-0.2, 0) is 0 Å². The summed E-state index contributed by atoms with van der Waals surface area (Å²) in [4.78, 5) is 27.4. The average Bonchev–Trinajstić information content (AvgIpc) is 3.11. The molecule has 4 nitrogen and oxygen atoms in total. The minimum atomic E-state index is -0.275. The zero-order valence-electron chi connectivity index (χ0n) is 12.3. The van der Waals surface area contributed by atoms with E-state index in [1.807, 2.05) is 31.2 Å². The van der Waals surface area contributed by atoms with E-state index in [0.29, 0.717) is 16.8 Å². The molecule has 0 aliphatic carbocycles. The molecule has 112 valence electrons. The van der Waals surface area contributed by atoms with E-state index >= 15 is 0 Å². The molecule has 0 spiro atoms. The summed E-state index contributed by atoms with van der Waals surface area (Å²) >= 11 is 1.40. The molecule has 2 aromatic carbocycles. The first kappa shape index (κ1) is 13.8. The van der Waals surface area contributed by atoms with Crippen LogP contribution in [0.5, 0.6) is 0 Å². The van der Waals surface area contributed by atoms with Gasteiger partial charge in [-0.2, -0.15) is 4.37 Å². The van der Waals surface area contributed by atoms with Gasteiger partial charge in [-0.15, -0.1) is 0 Å². The van der Waals surface area contributed by atoms with E-state index in [0.717, 1.165) is 16.1 Å². The average molecular weight is 320 g/mol. The van der Waals surface area contributed by atoms with Crippen molar-refractivity contribution in [2.75, 3.05) is 4.90 Å². The molecule has 2 amide bonds. The van der Waals surface area contributed by atoms with Crippen LogP contribution in [0.25, 0.3) is 10.4 Å². The lowest BCUT2D eigenvalue weighted by Crippen LogP contribution is -2.29. The van der Waals surface area contributed by atoms with E-state index in [1.165, 1.54) is 16.4 Å². The molecule has 1 aromatic heterocycles. The molecule has 5 heteroatoms. The highest BCUT2D eigenvalue weighted by Gasteiger charge is 2.36. The molecule has 2 heterocycles. The summed E-state index contributed by atoms with van der Waals surface area (Å²) in [7, 11) is 0. The Kier molecular flexibility index (Phi) is 3.09. The Labute approximate surface area is 137 Å². The molecule has 0 bridgehead atoms. The van der Waals surface area contributed by atoms with Gasteiger partial charge in [0.05, 0.1) is 27.4 Å². The van der Waals surface area contributed by atoms with Crippen molar-refractivity contribution in [3.05, 3.63) is 71.4 Å². The van der Waals surface area contributed by atoms with Crippen molar-refractivity contribution < 1.29 is 9.59 Å². The number of hydrogen-bond acceptors (Lipinski definition) is 4. The van der Waals surface area contributed by atoms with Gasteiger partial charge in [0, 0.05) is 0 Å². The number of rotatable bonds is 2. The number of fused-ring (bicyclic) bond motifs is 1. The standard InChI is InChI=1S/C18H12N2O2S/c1-11-9-16(23-19-11)12-5-4-6-13(10-12)20-17(21)14-7-2-3-8-15(14)18(20)22/h2-10H,1H3. The number of carbonyl (C=O) groups is 2. The number of imide groups is 1. The van der Waals surface area contributed by atoms with Gasteiger partial charge in [0.25, 0.3) is 11.8 Å². The first-order valence-corrected chi connectivity index (χ1v) is 7.94. The van der Waals surface area contributed by atoms with Crippen LogP contribution < -0.4 is 4.90 Å². The molecule has 1 aliphatic heterocycles. The number of amides is 2. The third kappa shape index (κ3) is 2.17. The van der Waals surface area contributed by atoms with Gasteiger partial charge in [-0.25, -0.2) is 4.90 Å². The maximum Gasteiger partial charge on any atom is 0.266 e. The zero-order valence-corrected chi connectivity index (χ0v) is 13.1. The Hall–Kier alpha value is -2.79. The number of carbonyl (C=O) groups excluding carboxylic acids is 2. The predicted molar refractivity (Wildman–Crippen MR) is 89.9 cm³/mol. The normalized spacial score (nSPS) is 13.5. The van der Waals surface area contributed by atoms with Crippen LogP contribution in [0.3, 0.4) is 0 Å². The van der Waals surface area contributed by atoms with E-state index in [-0.39, 0.29) is 11.8 Å². The van der Waals surface area contributed by atoms with Crippen molar-refractivity contribution in [3.8, 4) is 10.4 Å². The smallest absolute Gasteiger partial charge is 0.266 e. The lowest BCUT2D eigenvalue weighted by atomic mass is 10.1. The molecular formula is C18H12N2O2S. The summed E-state index contributed by atoms with van der Waals surface area (Å²) in [6, 6.07) is 16.3. The van der Waals surface area contributed by atoms with Gasteiger partial charge in [0.1, 0.15) is 0 Å². The molecule has 0 saturated carbocycles. The summed E-state index contributed by atoms with van der Waals surface area (Å²) in [6.45, 7) is 1.94. The minimum Gasteiger partial charge on any atom is -0.268 e. The monoisotopic (exact) mass is 320 g/mol. The van der Waals surface area contributed by atoms with Crippen molar-refractivity contribution in [3.63, 3.8) is 0 Å². The number of hydrogen-bond donors (Lipinski definition) is 0. The molecule has 0 radical (unpaired) electrons. The summed E-state index contributed by atoms with van der Waals surface area (Å²) in [5, 5.41) is 0. The van der Waals surface area contributed by atoms with Gasteiger partial charge < -0.3 is 0 Å². The number of aromatic nitrogens is 1. The molecule has 0 fully saturated rings. The topological polar surface area (TPSA) is 50.3 Å². The maximum absolute atomic E-state index is 12.6. The molecule has 0 N–H and O–H groups in total. The number of benzene rings is 2. The number of anilines is 1. The maximum atomic E-state index is 12.6. The fourth-order valence-corrected chi connectivity index (χ4v) is 3.47. The molecule has 1 aliphatic rings.